The molecule has 0 aromatic heterocycles. The SMILES string of the molecule is Cc1ccccc1[C@H]1SSC(C)(C)[C@H]1OC(C)C. The molecule has 0 bridgehead atoms. The average molecular weight is 282 g/mol. The van der Waals surface area contributed by atoms with Gasteiger partial charge in [-0.3, -0.25) is 0 Å². The summed E-state index contributed by atoms with van der Waals surface area (Å²) in [5.41, 5.74) is 2.79. The maximum absolute atomic E-state index is 6.21. The van der Waals surface area contributed by atoms with Crippen LogP contribution in [0.25, 0.3) is 0 Å². The summed E-state index contributed by atoms with van der Waals surface area (Å²) in [5, 5.41) is 0.439. The molecule has 1 aliphatic rings. The maximum Gasteiger partial charge on any atom is 0.0895 e. The highest BCUT2D eigenvalue weighted by Crippen LogP contribution is 2.59. The van der Waals surface area contributed by atoms with E-state index in [2.05, 4.69) is 58.9 Å². The highest BCUT2D eigenvalue weighted by atomic mass is 33.1. The summed E-state index contributed by atoms with van der Waals surface area (Å²) in [7, 11) is 3.91. The minimum atomic E-state index is 0.169. The minimum Gasteiger partial charge on any atom is -0.373 e. The lowest BCUT2D eigenvalue weighted by atomic mass is 9.94. The van der Waals surface area contributed by atoms with Crippen molar-refractivity contribution in [3.8, 4) is 0 Å². The Morgan fingerprint density at radius 3 is 2.50 bits per heavy atom. The van der Waals surface area contributed by atoms with Crippen LogP contribution in [0.15, 0.2) is 24.3 Å². The molecule has 1 heterocycles. The predicted octanol–water partition coefficient (Wildman–Crippen LogP) is 5.00. The molecule has 0 N–H and O–H groups in total. The van der Waals surface area contributed by atoms with Crippen LogP contribution in [0.2, 0.25) is 0 Å². The molecule has 2 rings (SSSR count). The van der Waals surface area contributed by atoms with E-state index in [1.54, 1.807) is 0 Å². The van der Waals surface area contributed by atoms with E-state index < -0.39 is 0 Å². The van der Waals surface area contributed by atoms with Crippen molar-refractivity contribution in [2.24, 2.45) is 0 Å². The normalized spacial score (nSPS) is 26.8. The van der Waals surface area contributed by atoms with Crippen LogP contribution in [-0.2, 0) is 4.74 Å². The smallest absolute Gasteiger partial charge is 0.0895 e. The van der Waals surface area contributed by atoms with Gasteiger partial charge in [0.1, 0.15) is 0 Å². The average Bonchev–Trinajstić information content (AvgIpc) is 2.56. The monoisotopic (exact) mass is 282 g/mol. The molecule has 0 spiro atoms. The van der Waals surface area contributed by atoms with Crippen LogP contribution in [-0.4, -0.2) is 17.0 Å². The Labute approximate surface area is 118 Å². The van der Waals surface area contributed by atoms with Gasteiger partial charge in [0.05, 0.1) is 17.5 Å². The van der Waals surface area contributed by atoms with E-state index in [9.17, 15) is 0 Å². The quantitative estimate of drug-likeness (QED) is 0.722. The van der Waals surface area contributed by atoms with E-state index in [0.29, 0.717) is 5.25 Å². The lowest BCUT2D eigenvalue weighted by Gasteiger charge is -2.30. The van der Waals surface area contributed by atoms with Gasteiger partial charge < -0.3 is 4.74 Å². The van der Waals surface area contributed by atoms with Crippen LogP contribution < -0.4 is 0 Å². The molecule has 0 radical (unpaired) electrons. The van der Waals surface area contributed by atoms with Gasteiger partial charge in [0, 0.05) is 4.75 Å². The first-order chi connectivity index (χ1) is 8.42. The molecule has 0 unspecified atom stereocenters. The largest absolute Gasteiger partial charge is 0.373 e. The summed E-state index contributed by atoms with van der Waals surface area (Å²) in [6.07, 6.45) is 0.550. The third-order valence-corrected chi connectivity index (χ3v) is 6.91. The Balaban J connectivity index is 2.30. The zero-order valence-corrected chi connectivity index (χ0v) is 13.4. The molecule has 18 heavy (non-hydrogen) atoms. The van der Waals surface area contributed by atoms with Crippen molar-refractivity contribution in [1.82, 2.24) is 0 Å². The molecular weight excluding hydrogens is 260 g/mol. The van der Waals surface area contributed by atoms with Crippen molar-refractivity contribution >= 4 is 21.6 Å². The third-order valence-electron chi connectivity index (χ3n) is 3.24. The van der Waals surface area contributed by atoms with Crippen molar-refractivity contribution in [3.05, 3.63) is 35.4 Å². The predicted molar refractivity (Wildman–Crippen MR) is 83.2 cm³/mol. The first-order valence-electron chi connectivity index (χ1n) is 6.47. The Kier molecular flexibility index (Phi) is 4.35. The van der Waals surface area contributed by atoms with Gasteiger partial charge in [-0.25, -0.2) is 0 Å². The first-order valence-corrected chi connectivity index (χ1v) is 8.68. The summed E-state index contributed by atoms with van der Waals surface area (Å²) in [6.45, 7) is 11.0. The lowest BCUT2D eigenvalue weighted by Crippen LogP contribution is -2.36. The Bertz CT molecular complexity index is 415. The summed E-state index contributed by atoms with van der Waals surface area (Å²) in [5.74, 6) is 0. The fourth-order valence-corrected chi connectivity index (χ4v) is 5.84. The van der Waals surface area contributed by atoms with Gasteiger partial charge in [0.25, 0.3) is 0 Å². The fraction of sp³-hybridized carbons (Fsp3) is 0.600. The molecule has 1 aliphatic heterocycles. The van der Waals surface area contributed by atoms with E-state index >= 15 is 0 Å². The Hall–Kier alpha value is -0.120. The zero-order chi connectivity index (χ0) is 13.3. The third kappa shape index (κ3) is 2.89. The van der Waals surface area contributed by atoms with Gasteiger partial charge in [-0.15, -0.1) is 0 Å². The van der Waals surface area contributed by atoms with Gasteiger partial charge >= 0.3 is 0 Å². The lowest BCUT2D eigenvalue weighted by molar-refractivity contribution is -0.00764. The van der Waals surface area contributed by atoms with Gasteiger partial charge in [-0.1, -0.05) is 45.9 Å². The number of aryl methyl sites for hydroxylation is 1. The molecule has 1 aromatic rings. The molecule has 0 saturated carbocycles. The summed E-state index contributed by atoms with van der Waals surface area (Å²) in [4.78, 5) is 0. The van der Waals surface area contributed by atoms with Crippen molar-refractivity contribution in [2.45, 2.75) is 56.8 Å². The fourth-order valence-electron chi connectivity index (χ4n) is 2.29. The molecule has 1 fully saturated rings. The second kappa shape index (κ2) is 5.48. The Morgan fingerprint density at radius 2 is 1.89 bits per heavy atom. The van der Waals surface area contributed by atoms with E-state index in [4.69, 9.17) is 4.74 Å². The highest BCUT2D eigenvalue weighted by molar-refractivity contribution is 8.77. The van der Waals surface area contributed by atoms with Crippen LogP contribution in [0, 0.1) is 6.92 Å². The van der Waals surface area contributed by atoms with E-state index in [0.717, 1.165) is 0 Å². The molecule has 0 amide bonds. The maximum atomic E-state index is 6.21. The number of rotatable bonds is 3. The minimum absolute atomic E-state index is 0.169. The van der Waals surface area contributed by atoms with Gasteiger partial charge in [-0.05, 0) is 45.7 Å². The van der Waals surface area contributed by atoms with E-state index in [1.807, 2.05) is 21.6 Å². The van der Waals surface area contributed by atoms with Crippen LogP contribution in [0.4, 0.5) is 0 Å². The molecule has 1 nitrogen and oxygen atoms in total. The standard InChI is InChI=1S/C15H22OS2/c1-10(2)16-14-13(17-18-15(14,4)5)12-9-7-6-8-11(12)3/h6-10,13-14H,1-5H3/t13-,14+/m1/s1. The van der Waals surface area contributed by atoms with Crippen LogP contribution >= 0.6 is 21.6 Å². The van der Waals surface area contributed by atoms with Gasteiger partial charge in [0.2, 0.25) is 0 Å². The molecular formula is C15H22OS2. The van der Waals surface area contributed by atoms with Gasteiger partial charge in [0.15, 0.2) is 0 Å². The van der Waals surface area contributed by atoms with Gasteiger partial charge in [-0.2, -0.15) is 0 Å². The summed E-state index contributed by atoms with van der Waals surface area (Å²) < 4.78 is 6.38. The first kappa shape index (κ1) is 14.3. The van der Waals surface area contributed by atoms with Crippen molar-refractivity contribution in [2.75, 3.05) is 0 Å². The molecule has 1 aromatic carbocycles. The van der Waals surface area contributed by atoms with Crippen LogP contribution in [0.5, 0.6) is 0 Å². The summed E-state index contributed by atoms with van der Waals surface area (Å²) in [6, 6.07) is 8.67. The zero-order valence-electron chi connectivity index (χ0n) is 11.8. The molecule has 2 atom stereocenters. The Morgan fingerprint density at radius 1 is 1.22 bits per heavy atom. The van der Waals surface area contributed by atoms with E-state index in [-0.39, 0.29) is 17.0 Å². The van der Waals surface area contributed by atoms with Crippen molar-refractivity contribution in [1.29, 1.82) is 0 Å². The molecule has 100 valence electrons. The van der Waals surface area contributed by atoms with Crippen LogP contribution in [0.3, 0.4) is 0 Å². The van der Waals surface area contributed by atoms with Crippen molar-refractivity contribution < 1.29 is 4.74 Å². The number of benzene rings is 1. The number of hydrogen-bond acceptors (Lipinski definition) is 3. The molecule has 3 heteroatoms. The number of ether oxygens (including phenoxy) is 1. The summed E-state index contributed by atoms with van der Waals surface area (Å²) >= 11 is 0. The number of hydrogen-bond donors (Lipinski definition) is 0. The highest BCUT2D eigenvalue weighted by Gasteiger charge is 2.46. The topological polar surface area (TPSA) is 9.23 Å². The van der Waals surface area contributed by atoms with Crippen molar-refractivity contribution in [3.63, 3.8) is 0 Å². The second-order valence-corrected chi connectivity index (χ2v) is 8.66. The molecule has 0 aliphatic carbocycles. The van der Waals surface area contributed by atoms with Crippen LogP contribution in [0.1, 0.15) is 44.1 Å². The molecule has 1 saturated heterocycles. The second-order valence-electron chi connectivity index (χ2n) is 5.67. The van der Waals surface area contributed by atoms with E-state index in [1.165, 1.54) is 11.1 Å².